The summed E-state index contributed by atoms with van der Waals surface area (Å²) < 4.78 is 5.36. The van der Waals surface area contributed by atoms with Crippen LogP contribution in [0.5, 0.6) is 5.75 Å². The molecule has 3 atom stereocenters. The lowest BCUT2D eigenvalue weighted by Crippen LogP contribution is -2.41. The van der Waals surface area contributed by atoms with Crippen LogP contribution in [-0.4, -0.2) is 52.8 Å². The van der Waals surface area contributed by atoms with E-state index in [1.54, 1.807) is 13.3 Å². The van der Waals surface area contributed by atoms with E-state index in [-0.39, 0.29) is 12.3 Å². The Bertz CT molecular complexity index is 1150. The smallest absolute Gasteiger partial charge is 0.303 e. The second-order valence-corrected chi connectivity index (χ2v) is 11.4. The Morgan fingerprint density at radius 2 is 2.08 bits per heavy atom. The average molecular weight is 511 g/mol. The molecule has 0 aliphatic carbocycles. The zero-order valence-corrected chi connectivity index (χ0v) is 22.2. The highest BCUT2D eigenvalue weighted by Crippen LogP contribution is 2.35. The van der Waals surface area contributed by atoms with Crippen molar-refractivity contribution in [3.8, 4) is 5.75 Å². The van der Waals surface area contributed by atoms with Crippen molar-refractivity contribution in [1.29, 1.82) is 0 Å². The van der Waals surface area contributed by atoms with Gasteiger partial charge < -0.3 is 19.8 Å². The second kappa shape index (κ2) is 12.7. The monoisotopic (exact) mass is 510 g/mol. The van der Waals surface area contributed by atoms with Gasteiger partial charge in [-0.05, 0) is 112 Å². The van der Waals surface area contributed by atoms with Crippen molar-refractivity contribution < 1.29 is 19.7 Å². The van der Waals surface area contributed by atoms with E-state index in [0.717, 1.165) is 67.5 Å². The van der Waals surface area contributed by atoms with Crippen LogP contribution in [0.2, 0.25) is 0 Å². The molecule has 36 heavy (non-hydrogen) atoms. The number of aliphatic hydroxyl groups is 1. The Balaban J connectivity index is 1.31. The number of fused-ring (bicyclic) bond motifs is 1. The van der Waals surface area contributed by atoms with Crippen LogP contribution >= 0.6 is 11.3 Å². The summed E-state index contributed by atoms with van der Waals surface area (Å²) >= 11 is 1.88. The van der Waals surface area contributed by atoms with Crippen LogP contribution in [0.25, 0.3) is 10.9 Å². The number of thiophene rings is 1. The fourth-order valence-corrected chi connectivity index (χ4v) is 6.47. The largest absolute Gasteiger partial charge is 0.497 e. The van der Waals surface area contributed by atoms with E-state index >= 15 is 0 Å². The first-order valence-corrected chi connectivity index (χ1v) is 13.8. The number of benzene rings is 1. The highest BCUT2D eigenvalue weighted by molar-refractivity contribution is 7.11. The molecule has 0 saturated carbocycles. The number of aromatic nitrogens is 1. The normalized spacial score (nSPS) is 19.4. The number of aryl methyl sites for hydroxylation is 2. The van der Waals surface area contributed by atoms with Crippen LogP contribution in [0.4, 0.5) is 0 Å². The SMILES string of the molecule is COc1ccc2nccc([C@@H](O)CC[C@@H]3CCN(CCCCc4ccc(C)s4)C[C@@H]3CC(=O)O)c2c1. The third-order valence-electron chi connectivity index (χ3n) is 7.51. The summed E-state index contributed by atoms with van der Waals surface area (Å²) in [4.78, 5) is 21.3. The summed E-state index contributed by atoms with van der Waals surface area (Å²) in [5, 5.41) is 21.5. The van der Waals surface area contributed by atoms with E-state index in [2.05, 4.69) is 28.9 Å². The van der Waals surface area contributed by atoms with Crippen LogP contribution in [0, 0.1) is 18.8 Å². The highest BCUT2D eigenvalue weighted by atomic mass is 32.1. The summed E-state index contributed by atoms with van der Waals surface area (Å²) in [5.74, 6) is 0.442. The van der Waals surface area contributed by atoms with Gasteiger partial charge in [-0.25, -0.2) is 0 Å². The van der Waals surface area contributed by atoms with Crippen molar-refractivity contribution >= 4 is 28.2 Å². The first-order valence-electron chi connectivity index (χ1n) is 13.0. The van der Waals surface area contributed by atoms with Crippen LogP contribution < -0.4 is 4.74 Å². The molecule has 1 aromatic carbocycles. The van der Waals surface area contributed by atoms with Gasteiger partial charge in [0.15, 0.2) is 0 Å². The molecule has 7 heteroatoms. The number of piperidine rings is 1. The van der Waals surface area contributed by atoms with E-state index in [0.29, 0.717) is 12.3 Å². The number of likely N-dealkylation sites (tertiary alicyclic amines) is 1. The standard InChI is InChI=1S/C29H38N2O4S/c1-20-6-9-24(36-20)5-3-4-15-31-16-13-21(22(19-31)17-29(33)34)7-11-28(32)25-12-14-30-27-10-8-23(35-2)18-26(25)27/h6,8-10,12,14,18,21-22,28,32H,3-5,7,11,13,15-17,19H2,1-2H3,(H,33,34)/t21-,22+,28+/m1/s1. The molecule has 4 rings (SSSR count). The van der Waals surface area contributed by atoms with Gasteiger partial charge in [0.25, 0.3) is 0 Å². The van der Waals surface area contributed by atoms with Gasteiger partial charge in [-0.2, -0.15) is 0 Å². The number of unbranched alkanes of at least 4 members (excludes halogenated alkanes) is 1. The summed E-state index contributed by atoms with van der Waals surface area (Å²) in [6.45, 7) is 5.02. The number of methoxy groups -OCH3 is 1. The van der Waals surface area contributed by atoms with Crippen LogP contribution in [0.15, 0.2) is 42.6 Å². The average Bonchev–Trinajstić information content (AvgIpc) is 3.29. The van der Waals surface area contributed by atoms with E-state index < -0.39 is 12.1 Å². The molecule has 3 heterocycles. The third kappa shape index (κ3) is 7.05. The minimum atomic E-state index is -0.729. The van der Waals surface area contributed by atoms with Crippen molar-refractivity contribution in [1.82, 2.24) is 9.88 Å². The Labute approximate surface area is 217 Å². The maximum Gasteiger partial charge on any atom is 0.303 e. The van der Waals surface area contributed by atoms with Gasteiger partial charge in [-0.1, -0.05) is 0 Å². The predicted molar refractivity (Wildman–Crippen MR) is 145 cm³/mol. The van der Waals surface area contributed by atoms with Crippen molar-refractivity contribution in [2.45, 2.75) is 58.0 Å². The lowest BCUT2D eigenvalue weighted by atomic mass is 9.79. The number of ether oxygens (including phenoxy) is 1. The number of rotatable bonds is 12. The molecule has 1 saturated heterocycles. The topological polar surface area (TPSA) is 82.9 Å². The van der Waals surface area contributed by atoms with Gasteiger partial charge in [0, 0.05) is 34.3 Å². The van der Waals surface area contributed by atoms with Crippen molar-refractivity contribution in [3.63, 3.8) is 0 Å². The number of carboxylic acid groups (broad SMARTS) is 1. The van der Waals surface area contributed by atoms with Gasteiger partial charge in [0.2, 0.25) is 0 Å². The van der Waals surface area contributed by atoms with Gasteiger partial charge >= 0.3 is 5.97 Å². The van der Waals surface area contributed by atoms with Crippen molar-refractivity contribution in [2.24, 2.45) is 11.8 Å². The lowest BCUT2D eigenvalue weighted by Gasteiger charge is -2.38. The number of nitrogens with zero attached hydrogens (tertiary/aromatic N) is 2. The van der Waals surface area contributed by atoms with Gasteiger partial charge in [-0.15, -0.1) is 11.3 Å². The number of hydrogen-bond acceptors (Lipinski definition) is 6. The molecule has 0 amide bonds. The molecule has 2 aromatic heterocycles. The summed E-state index contributed by atoms with van der Waals surface area (Å²) in [5.41, 5.74) is 1.69. The maximum atomic E-state index is 11.6. The molecule has 0 unspecified atom stereocenters. The molecule has 1 aliphatic rings. The predicted octanol–water partition coefficient (Wildman–Crippen LogP) is 5.86. The molecular weight excluding hydrogens is 472 g/mol. The third-order valence-corrected chi connectivity index (χ3v) is 8.57. The zero-order valence-electron chi connectivity index (χ0n) is 21.4. The van der Waals surface area contributed by atoms with E-state index in [4.69, 9.17) is 4.74 Å². The fraction of sp³-hybridized carbons (Fsp3) is 0.517. The van der Waals surface area contributed by atoms with E-state index in [9.17, 15) is 15.0 Å². The number of pyridine rings is 1. The van der Waals surface area contributed by atoms with Gasteiger partial charge in [-0.3, -0.25) is 9.78 Å². The molecular formula is C29H38N2O4S. The highest BCUT2D eigenvalue weighted by Gasteiger charge is 2.31. The molecule has 0 radical (unpaired) electrons. The molecule has 6 nitrogen and oxygen atoms in total. The Kier molecular flexibility index (Phi) is 9.35. The number of carboxylic acids is 1. The Morgan fingerprint density at radius 1 is 1.22 bits per heavy atom. The molecule has 194 valence electrons. The summed E-state index contributed by atoms with van der Waals surface area (Å²) in [7, 11) is 1.63. The van der Waals surface area contributed by atoms with Crippen LogP contribution in [0.1, 0.15) is 59.9 Å². The minimum Gasteiger partial charge on any atom is -0.497 e. The van der Waals surface area contributed by atoms with Gasteiger partial charge in [0.1, 0.15) is 5.75 Å². The summed E-state index contributed by atoms with van der Waals surface area (Å²) in [6.07, 6.45) is 7.15. The lowest BCUT2D eigenvalue weighted by molar-refractivity contribution is -0.139. The number of hydrogen-bond donors (Lipinski definition) is 2. The molecule has 1 aliphatic heterocycles. The molecule has 3 aromatic rings. The molecule has 0 spiro atoms. The zero-order chi connectivity index (χ0) is 25.5. The van der Waals surface area contributed by atoms with Gasteiger partial charge in [0.05, 0.1) is 18.7 Å². The van der Waals surface area contributed by atoms with E-state index in [1.165, 1.54) is 16.2 Å². The Morgan fingerprint density at radius 3 is 2.83 bits per heavy atom. The van der Waals surface area contributed by atoms with Crippen LogP contribution in [0.3, 0.4) is 0 Å². The van der Waals surface area contributed by atoms with Crippen molar-refractivity contribution in [2.75, 3.05) is 26.7 Å². The Hall–Kier alpha value is -2.48. The second-order valence-electron chi connectivity index (χ2n) is 10.1. The van der Waals surface area contributed by atoms with Crippen molar-refractivity contribution in [3.05, 3.63) is 57.9 Å². The maximum absolute atomic E-state index is 11.6. The number of aliphatic hydroxyl groups excluding tert-OH is 1. The first-order chi connectivity index (χ1) is 17.4. The van der Waals surface area contributed by atoms with E-state index in [1.807, 2.05) is 35.6 Å². The van der Waals surface area contributed by atoms with Crippen LogP contribution in [-0.2, 0) is 11.2 Å². The quantitative estimate of drug-likeness (QED) is 0.297. The summed E-state index contributed by atoms with van der Waals surface area (Å²) in [6, 6.07) is 12.0. The minimum absolute atomic E-state index is 0.123. The molecule has 2 N–H and O–H groups in total. The molecule has 0 bridgehead atoms. The number of carbonyl (C=O) groups is 1. The fourth-order valence-electron chi connectivity index (χ4n) is 5.54. The number of aliphatic carboxylic acids is 1. The first kappa shape index (κ1) is 26.6. The molecule has 1 fully saturated rings.